The molecular formula is C17H17F2N7. The minimum Gasteiger partial charge on any atom is -0.354 e. The molecule has 0 bridgehead atoms. The first-order chi connectivity index (χ1) is 12.6. The van der Waals surface area contributed by atoms with Crippen molar-refractivity contribution in [1.29, 1.82) is 0 Å². The maximum atomic E-state index is 12.9. The molecule has 4 heterocycles. The number of alkyl halides is 2. The third-order valence-corrected chi connectivity index (χ3v) is 4.15. The molecule has 0 radical (unpaired) electrons. The molecule has 2 N–H and O–H groups in total. The van der Waals surface area contributed by atoms with Gasteiger partial charge in [-0.15, -0.1) is 0 Å². The Morgan fingerprint density at radius 3 is 2.85 bits per heavy atom. The Bertz CT molecular complexity index is 1080. The zero-order valence-corrected chi connectivity index (χ0v) is 14.3. The van der Waals surface area contributed by atoms with Crippen LogP contribution in [0.25, 0.3) is 33.5 Å². The second kappa shape index (κ2) is 6.32. The van der Waals surface area contributed by atoms with Gasteiger partial charge < -0.3 is 14.9 Å². The molecule has 7 nitrogen and oxygen atoms in total. The fourth-order valence-corrected chi connectivity index (χ4v) is 2.98. The smallest absolute Gasteiger partial charge is 0.256 e. The lowest BCUT2D eigenvalue weighted by Crippen LogP contribution is -2.08. The number of aromatic amines is 1. The fraction of sp³-hybridized carbons (Fsp3) is 0.294. The van der Waals surface area contributed by atoms with Crippen LogP contribution in [0.4, 0.5) is 14.7 Å². The molecule has 0 unspecified atom stereocenters. The molecule has 4 aromatic rings. The highest BCUT2D eigenvalue weighted by atomic mass is 19.3. The van der Waals surface area contributed by atoms with Crippen molar-refractivity contribution in [3.63, 3.8) is 0 Å². The fourth-order valence-electron chi connectivity index (χ4n) is 2.98. The summed E-state index contributed by atoms with van der Waals surface area (Å²) in [4.78, 5) is 20.7. The molecule has 134 valence electrons. The summed E-state index contributed by atoms with van der Waals surface area (Å²) < 4.78 is 27.2. The summed E-state index contributed by atoms with van der Waals surface area (Å²) in [5, 5.41) is 3.88. The number of imidazole rings is 1. The zero-order chi connectivity index (χ0) is 18.3. The number of pyridine rings is 1. The summed E-state index contributed by atoms with van der Waals surface area (Å²) in [7, 11) is 0. The standard InChI is InChI=1S/C17H17F2N7/c1-3-20-17-22-7-11-10(6-21-15(11)25-17)12-4-5-13-16(24-12)26(8-14(18)19)9(2)23-13/h4-7,14H,3,8H2,1-2H3,(H2,20,21,22,25). The lowest BCUT2D eigenvalue weighted by atomic mass is 10.1. The number of H-pyrrole nitrogens is 1. The Labute approximate surface area is 147 Å². The largest absolute Gasteiger partial charge is 0.354 e. The summed E-state index contributed by atoms with van der Waals surface area (Å²) >= 11 is 0. The van der Waals surface area contributed by atoms with Gasteiger partial charge in [0.05, 0.1) is 12.2 Å². The Kier molecular flexibility index (Phi) is 3.98. The van der Waals surface area contributed by atoms with Crippen LogP contribution in [0, 0.1) is 6.92 Å². The molecule has 26 heavy (non-hydrogen) atoms. The van der Waals surface area contributed by atoms with Crippen LogP contribution in [0.5, 0.6) is 0 Å². The number of nitrogens with one attached hydrogen (secondary N) is 2. The van der Waals surface area contributed by atoms with E-state index in [1.54, 1.807) is 25.4 Å². The van der Waals surface area contributed by atoms with E-state index in [0.29, 0.717) is 34.3 Å². The molecule has 0 fully saturated rings. The van der Waals surface area contributed by atoms with Crippen LogP contribution < -0.4 is 5.32 Å². The van der Waals surface area contributed by atoms with Crippen LogP contribution in [0.3, 0.4) is 0 Å². The average molecular weight is 357 g/mol. The predicted molar refractivity (Wildman–Crippen MR) is 95.3 cm³/mol. The van der Waals surface area contributed by atoms with Gasteiger partial charge in [0.25, 0.3) is 6.43 Å². The molecule has 0 saturated heterocycles. The van der Waals surface area contributed by atoms with E-state index in [0.717, 1.165) is 17.5 Å². The second-order valence-electron chi connectivity index (χ2n) is 5.89. The number of aryl methyl sites for hydroxylation is 1. The topological polar surface area (TPSA) is 84.3 Å². The molecule has 4 aromatic heterocycles. The van der Waals surface area contributed by atoms with Gasteiger partial charge in [-0.1, -0.05) is 0 Å². The van der Waals surface area contributed by atoms with E-state index in [4.69, 9.17) is 0 Å². The molecule has 0 spiro atoms. The Morgan fingerprint density at radius 1 is 1.23 bits per heavy atom. The molecule has 4 rings (SSSR count). The van der Waals surface area contributed by atoms with Gasteiger partial charge in [-0.25, -0.2) is 23.7 Å². The lowest BCUT2D eigenvalue weighted by molar-refractivity contribution is 0.127. The van der Waals surface area contributed by atoms with Crippen LogP contribution in [-0.2, 0) is 6.54 Å². The SMILES string of the molecule is CCNc1ncc2c(-c3ccc4nc(C)n(CC(F)F)c4n3)c[nH]c2n1. The number of nitrogens with zero attached hydrogens (tertiary/aromatic N) is 5. The first-order valence-corrected chi connectivity index (χ1v) is 8.27. The van der Waals surface area contributed by atoms with Crippen LogP contribution in [0.1, 0.15) is 12.7 Å². The van der Waals surface area contributed by atoms with Crippen molar-refractivity contribution >= 4 is 28.1 Å². The van der Waals surface area contributed by atoms with E-state index in [1.807, 2.05) is 13.0 Å². The van der Waals surface area contributed by atoms with Gasteiger partial charge in [-0.3, -0.25) is 0 Å². The van der Waals surface area contributed by atoms with Crippen molar-refractivity contribution in [2.24, 2.45) is 0 Å². The maximum Gasteiger partial charge on any atom is 0.256 e. The quantitative estimate of drug-likeness (QED) is 0.572. The first-order valence-electron chi connectivity index (χ1n) is 8.27. The van der Waals surface area contributed by atoms with Gasteiger partial charge in [0.1, 0.15) is 17.0 Å². The highest BCUT2D eigenvalue weighted by Gasteiger charge is 2.16. The van der Waals surface area contributed by atoms with Gasteiger partial charge in [0.15, 0.2) is 5.65 Å². The highest BCUT2D eigenvalue weighted by Crippen LogP contribution is 2.28. The van der Waals surface area contributed by atoms with E-state index in [-0.39, 0.29) is 0 Å². The van der Waals surface area contributed by atoms with Gasteiger partial charge >= 0.3 is 0 Å². The van der Waals surface area contributed by atoms with Crippen molar-refractivity contribution in [3.05, 3.63) is 30.4 Å². The van der Waals surface area contributed by atoms with Gasteiger partial charge in [0.2, 0.25) is 5.95 Å². The number of halogens is 2. The highest BCUT2D eigenvalue weighted by molar-refractivity contribution is 5.93. The Hall–Kier alpha value is -3.10. The van der Waals surface area contributed by atoms with Crippen LogP contribution in [0.15, 0.2) is 24.5 Å². The number of aromatic nitrogens is 6. The summed E-state index contributed by atoms with van der Waals surface area (Å²) in [5.74, 6) is 1.06. The van der Waals surface area contributed by atoms with Crippen LogP contribution >= 0.6 is 0 Å². The lowest BCUT2D eigenvalue weighted by Gasteiger charge is -2.06. The van der Waals surface area contributed by atoms with E-state index in [9.17, 15) is 8.78 Å². The third-order valence-electron chi connectivity index (χ3n) is 4.15. The van der Waals surface area contributed by atoms with Crippen LogP contribution in [0.2, 0.25) is 0 Å². The first kappa shape index (κ1) is 16.4. The number of fused-ring (bicyclic) bond motifs is 2. The molecule has 0 aromatic carbocycles. The summed E-state index contributed by atoms with van der Waals surface area (Å²) in [6, 6.07) is 3.61. The van der Waals surface area contributed by atoms with Crippen molar-refractivity contribution in [1.82, 2.24) is 29.5 Å². The van der Waals surface area contributed by atoms with Crippen molar-refractivity contribution in [3.8, 4) is 11.3 Å². The number of hydrogen-bond acceptors (Lipinski definition) is 5. The van der Waals surface area contributed by atoms with E-state index in [1.165, 1.54) is 4.57 Å². The number of anilines is 1. The van der Waals surface area contributed by atoms with Gasteiger partial charge in [0, 0.05) is 29.9 Å². The molecule has 0 aliphatic carbocycles. The molecular weight excluding hydrogens is 340 g/mol. The van der Waals surface area contributed by atoms with Crippen molar-refractivity contribution < 1.29 is 8.78 Å². The molecule has 9 heteroatoms. The summed E-state index contributed by atoms with van der Waals surface area (Å²) in [6.07, 6.45) is 1.05. The average Bonchev–Trinajstić information content (AvgIpc) is 3.16. The molecule has 0 aliphatic heterocycles. The Morgan fingerprint density at radius 2 is 2.08 bits per heavy atom. The van der Waals surface area contributed by atoms with E-state index >= 15 is 0 Å². The maximum absolute atomic E-state index is 12.9. The predicted octanol–water partition coefficient (Wildman–Crippen LogP) is 3.37. The summed E-state index contributed by atoms with van der Waals surface area (Å²) in [6.45, 7) is 3.97. The molecule has 0 aliphatic rings. The minimum absolute atomic E-state index is 0.429. The van der Waals surface area contributed by atoms with Crippen molar-refractivity contribution in [2.45, 2.75) is 26.8 Å². The Balaban J connectivity index is 1.82. The van der Waals surface area contributed by atoms with Gasteiger partial charge in [-0.05, 0) is 26.0 Å². The van der Waals surface area contributed by atoms with E-state index in [2.05, 4.69) is 30.2 Å². The number of hydrogen-bond donors (Lipinski definition) is 2. The minimum atomic E-state index is -2.47. The normalized spacial score (nSPS) is 11.7. The monoisotopic (exact) mass is 357 g/mol. The number of rotatable bonds is 5. The van der Waals surface area contributed by atoms with Gasteiger partial charge in [-0.2, -0.15) is 4.98 Å². The van der Waals surface area contributed by atoms with Crippen LogP contribution in [-0.4, -0.2) is 42.5 Å². The molecule has 0 saturated carbocycles. The zero-order valence-electron chi connectivity index (χ0n) is 14.3. The molecule has 0 atom stereocenters. The summed E-state index contributed by atoms with van der Waals surface area (Å²) in [5.41, 5.74) is 3.19. The van der Waals surface area contributed by atoms with E-state index < -0.39 is 13.0 Å². The molecule has 0 amide bonds. The third kappa shape index (κ3) is 2.75. The van der Waals surface area contributed by atoms with Crippen molar-refractivity contribution in [2.75, 3.05) is 11.9 Å². The second-order valence-corrected chi connectivity index (χ2v) is 5.89.